The van der Waals surface area contributed by atoms with Crippen molar-refractivity contribution in [2.75, 3.05) is 39.4 Å². The molecular weight excluding hydrogens is 460 g/mol. The molecule has 1 aromatic carbocycles. The van der Waals surface area contributed by atoms with Crippen LogP contribution >= 0.6 is 0 Å². The number of amides is 1. The third-order valence-electron chi connectivity index (χ3n) is 6.33. The summed E-state index contributed by atoms with van der Waals surface area (Å²) in [6.07, 6.45) is 1.55. The van der Waals surface area contributed by atoms with E-state index in [9.17, 15) is 14.7 Å². The lowest BCUT2D eigenvalue weighted by Gasteiger charge is -2.28. The molecule has 1 atom stereocenters. The van der Waals surface area contributed by atoms with Gasteiger partial charge in [0.1, 0.15) is 5.76 Å². The Labute approximate surface area is 213 Å². The second kappa shape index (κ2) is 12.6. The van der Waals surface area contributed by atoms with Gasteiger partial charge in [-0.2, -0.15) is 0 Å². The van der Waals surface area contributed by atoms with E-state index < -0.39 is 23.5 Å². The van der Waals surface area contributed by atoms with Crippen molar-refractivity contribution in [1.82, 2.24) is 9.80 Å². The van der Waals surface area contributed by atoms with Crippen LogP contribution in [0.25, 0.3) is 0 Å². The number of aryl methyl sites for hydroxylation is 1. The van der Waals surface area contributed by atoms with Crippen molar-refractivity contribution in [3.8, 4) is 11.5 Å². The normalized spacial score (nSPS) is 15.8. The fourth-order valence-electron chi connectivity index (χ4n) is 4.45. The minimum Gasteiger partial charge on any atom is -0.503 e. The molecule has 36 heavy (non-hydrogen) atoms. The SMILES string of the molecule is CCCOc1ccc([C@H]2C(C(=O)c3ccc(C)o3)=C(O)C(=O)N2CCCN(CC)CC)cc1OCC. The predicted octanol–water partition coefficient (Wildman–Crippen LogP) is 5.09. The number of carbonyl (C=O) groups is 2. The summed E-state index contributed by atoms with van der Waals surface area (Å²) in [6, 6.07) is 7.89. The van der Waals surface area contributed by atoms with E-state index in [1.54, 1.807) is 36.1 Å². The maximum atomic E-state index is 13.5. The zero-order valence-electron chi connectivity index (χ0n) is 22.0. The molecule has 0 saturated heterocycles. The number of hydrogen-bond donors (Lipinski definition) is 1. The molecule has 1 aromatic heterocycles. The standard InChI is InChI=1S/C28H38N2O6/c1-6-17-35-21-14-12-20(18-23(21)34-9-4)25-24(26(31)22-13-11-19(5)36-22)27(32)28(33)30(25)16-10-15-29(7-2)8-3/h11-14,18,25,32H,6-10,15-17H2,1-5H3/t25-/m0/s1. The third kappa shape index (κ3) is 5.93. The molecule has 3 rings (SSSR count). The van der Waals surface area contributed by atoms with Crippen molar-refractivity contribution in [2.45, 2.75) is 53.5 Å². The highest BCUT2D eigenvalue weighted by Gasteiger charge is 2.44. The van der Waals surface area contributed by atoms with Gasteiger partial charge in [-0.25, -0.2) is 0 Å². The zero-order chi connectivity index (χ0) is 26.2. The predicted molar refractivity (Wildman–Crippen MR) is 138 cm³/mol. The Bertz CT molecular complexity index is 1090. The van der Waals surface area contributed by atoms with Gasteiger partial charge in [-0.05, 0) is 76.2 Å². The first-order chi connectivity index (χ1) is 17.4. The molecule has 0 radical (unpaired) electrons. The van der Waals surface area contributed by atoms with Crippen molar-refractivity contribution in [1.29, 1.82) is 0 Å². The van der Waals surface area contributed by atoms with Crippen molar-refractivity contribution in [3.63, 3.8) is 0 Å². The number of Topliss-reactive ketones (excluding diaryl/α,β-unsaturated/α-hetero) is 1. The van der Waals surface area contributed by atoms with Gasteiger partial charge in [0.15, 0.2) is 23.0 Å². The summed E-state index contributed by atoms with van der Waals surface area (Å²) in [7, 11) is 0. The lowest BCUT2D eigenvalue weighted by molar-refractivity contribution is -0.129. The number of ether oxygens (including phenoxy) is 2. The van der Waals surface area contributed by atoms with Gasteiger partial charge < -0.3 is 28.8 Å². The number of aliphatic hydroxyl groups excluding tert-OH is 1. The highest BCUT2D eigenvalue weighted by molar-refractivity contribution is 6.15. The Morgan fingerprint density at radius 1 is 1.08 bits per heavy atom. The Morgan fingerprint density at radius 3 is 2.44 bits per heavy atom. The second-order valence-electron chi connectivity index (χ2n) is 8.77. The summed E-state index contributed by atoms with van der Waals surface area (Å²) in [5, 5.41) is 10.9. The van der Waals surface area contributed by atoms with E-state index in [2.05, 4.69) is 18.7 Å². The molecule has 1 N–H and O–H groups in total. The summed E-state index contributed by atoms with van der Waals surface area (Å²) < 4.78 is 17.2. The molecular formula is C28H38N2O6. The van der Waals surface area contributed by atoms with Crippen molar-refractivity contribution in [2.24, 2.45) is 0 Å². The lowest BCUT2D eigenvalue weighted by atomic mass is 9.94. The Morgan fingerprint density at radius 2 is 1.83 bits per heavy atom. The maximum absolute atomic E-state index is 13.5. The minimum absolute atomic E-state index is 0.0156. The fourth-order valence-corrected chi connectivity index (χ4v) is 4.45. The largest absolute Gasteiger partial charge is 0.503 e. The van der Waals surface area contributed by atoms with Crippen LogP contribution in [0.1, 0.15) is 68.5 Å². The van der Waals surface area contributed by atoms with E-state index in [1.807, 2.05) is 19.9 Å². The van der Waals surface area contributed by atoms with Gasteiger partial charge >= 0.3 is 0 Å². The number of rotatable bonds is 14. The topological polar surface area (TPSA) is 92.5 Å². The first-order valence-electron chi connectivity index (χ1n) is 12.8. The van der Waals surface area contributed by atoms with E-state index in [0.717, 1.165) is 26.1 Å². The Kier molecular flexibility index (Phi) is 9.58. The van der Waals surface area contributed by atoms with Crippen LogP contribution in [0.3, 0.4) is 0 Å². The molecule has 8 heteroatoms. The van der Waals surface area contributed by atoms with Crippen molar-refractivity contribution in [3.05, 3.63) is 58.7 Å². The number of nitrogens with zero attached hydrogens (tertiary/aromatic N) is 2. The molecule has 0 aliphatic carbocycles. The van der Waals surface area contributed by atoms with Crippen LogP contribution in [0.15, 0.2) is 46.1 Å². The monoisotopic (exact) mass is 498 g/mol. The number of hydrogen-bond acceptors (Lipinski definition) is 7. The van der Waals surface area contributed by atoms with Crippen LogP contribution in [0.4, 0.5) is 0 Å². The van der Waals surface area contributed by atoms with E-state index in [0.29, 0.717) is 49.0 Å². The maximum Gasteiger partial charge on any atom is 0.290 e. The Hall–Kier alpha value is -3.26. The molecule has 8 nitrogen and oxygen atoms in total. The number of furan rings is 1. The molecule has 1 aliphatic heterocycles. The average molecular weight is 499 g/mol. The number of carbonyl (C=O) groups excluding carboxylic acids is 2. The smallest absolute Gasteiger partial charge is 0.290 e. The van der Waals surface area contributed by atoms with Crippen LogP contribution in [-0.2, 0) is 4.79 Å². The van der Waals surface area contributed by atoms with Crippen molar-refractivity contribution >= 4 is 11.7 Å². The van der Waals surface area contributed by atoms with Gasteiger partial charge in [0.2, 0.25) is 5.78 Å². The quantitative estimate of drug-likeness (QED) is 0.363. The average Bonchev–Trinajstić information content (AvgIpc) is 3.42. The van der Waals surface area contributed by atoms with Gasteiger partial charge in [0.05, 0.1) is 24.8 Å². The van der Waals surface area contributed by atoms with Crippen LogP contribution in [0.2, 0.25) is 0 Å². The van der Waals surface area contributed by atoms with E-state index >= 15 is 0 Å². The molecule has 0 saturated carbocycles. The fraction of sp³-hybridized carbons (Fsp3) is 0.500. The molecule has 1 amide bonds. The zero-order valence-corrected chi connectivity index (χ0v) is 22.0. The van der Waals surface area contributed by atoms with Crippen LogP contribution in [0, 0.1) is 6.92 Å². The molecule has 1 aliphatic rings. The third-order valence-corrected chi connectivity index (χ3v) is 6.33. The number of aliphatic hydroxyl groups is 1. The van der Waals surface area contributed by atoms with Gasteiger partial charge in [-0.3, -0.25) is 9.59 Å². The minimum atomic E-state index is -0.772. The molecule has 196 valence electrons. The van der Waals surface area contributed by atoms with Crippen molar-refractivity contribution < 1.29 is 28.6 Å². The van der Waals surface area contributed by atoms with E-state index in [4.69, 9.17) is 13.9 Å². The first-order valence-corrected chi connectivity index (χ1v) is 12.8. The summed E-state index contributed by atoms with van der Waals surface area (Å²) in [5.74, 6) is 0.195. The molecule has 2 aromatic rings. The highest BCUT2D eigenvalue weighted by atomic mass is 16.5. The van der Waals surface area contributed by atoms with Crippen LogP contribution in [0.5, 0.6) is 11.5 Å². The van der Waals surface area contributed by atoms with Gasteiger partial charge in [0.25, 0.3) is 5.91 Å². The highest BCUT2D eigenvalue weighted by Crippen LogP contribution is 2.42. The van der Waals surface area contributed by atoms with Crippen LogP contribution in [-0.4, -0.2) is 66.0 Å². The number of ketones is 1. The van der Waals surface area contributed by atoms with Gasteiger partial charge in [-0.15, -0.1) is 0 Å². The molecule has 0 unspecified atom stereocenters. The van der Waals surface area contributed by atoms with Gasteiger partial charge in [-0.1, -0.05) is 26.8 Å². The van der Waals surface area contributed by atoms with Gasteiger partial charge in [0, 0.05) is 6.54 Å². The van der Waals surface area contributed by atoms with E-state index in [-0.39, 0.29) is 11.3 Å². The summed E-state index contributed by atoms with van der Waals surface area (Å²) in [5.41, 5.74) is 0.677. The van der Waals surface area contributed by atoms with E-state index in [1.165, 1.54) is 0 Å². The van der Waals surface area contributed by atoms with Crippen LogP contribution < -0.4 is 9.47 Å². The molecule has 0 spiro atoms. The molecule has 0 bridgehead atoms. The second-order valence-corrected chi connectivity index (χ2v) is 8.77. The molecule has 0 fully saturated rings. The summed E-state index contributed by atoms with van der Waals surface area (Å²) in [4.78, 5) is 30.6. The lowest BCUT2D eigenvalue weighted by Crippen LogP contribution is -2.34. The molecule has 2 heterocycles. The Balaban J connectivity index is 2.02. The summed E-state index contributed by atoms with van der Waals surface area (Å²) >= 11 is 0. The number of benzene rings is 1. The first kappa shape index (κ1) is 27.3. The summed E-state index contributed by atoms with van der Waals surface area (Å²) in [6.45, 7) is 13.8.